The van der Waals surface area contributed by atoms with Crippen LogP contribution in [0, 0.1) is 5.82 Å². The molecule has 1 fully saturated rings. The van der Waals surface area contributed by atoms with E-state index in [-0.39, 0.29) is 11.7 Å². The number of alkyl halides is 4. The highest BCUT2D eigenvalue weighted by molar-refractivity contribution is 9.09. The van der Waals surface area contributed by atoms with Gasteiger partial charge < -0.3 is 4.74 Å². The van der Waals surface area contributed by atoms with E-state index in [9.17, 15) is 17.6 Å². The molecular formula is C14H15BrF4O. The first kappa shape index (κ1) is 15.6. The average molecular weight is 355 g/mol. The molecule has 1 aliphatic rings. The Hall–Kier alpha value is -0.780. The summed E-state index contributed by atoms with van der Waals surface area (Å²) in [5, 5.41) is 0. The van der Waals surface area contributed by atoms with Crippen LogP contribution < -0.4 is 4.74 Å². The van der Waals surface area contributed by atoms with Gasteiger partial charge in [0.25, 0.3) is 0 Å². The number of ether oxygens (including phenoxy) is 1. The number of hydrogen-bond acceptors (Lipinski definition) is 1. The highest BCUT2D eigenvalue weighted by Crippen LogP contribution is 2.36. The minimum Gasteiger partial charge on any atom is -0.481 e. The number of hydrogen-bond donors (Lipinski definition) is 0. The van der Waals surface area contributed by atoms with Gasteiger partial charge in [0.05, 0.1) is 0 Å². The fraction of sp³-hybridized carbons (Fsp3) is 0.571. The van der Waals surface area contributed by atoms with Gasteiger partial charge in [0.1, 0.15) is 0 Å². The normalized spacial score (nSPS) is 23.6. The minimum absolute atomic E-state index is 0.273. The number of benzene rings is 1. The van der Waals surface area contributed by atoms with Crippen LogP contribution in [-0.2, 0) is 0 Å². The van der Waals surface area contributed by atoms with Crippen molar-refractivity contribution in [3.63, 3.8) is 0 Å². The van der Waals surface area contributed by atoms with Crippen LogP contribution in [0.2, 0.25) is 0 Å². The standard InChI is InChI=1S/C14H15BrF4O/c15-11-4-1-9(2-5-11)10-3-6-13(12(16)7-10)20-8-14(17,18)19/h3,6-7,9,11H,1-2,4-5,8H2. The molecule has 0 heterocycles. The monoisotopic (exact) mass is 354 g/mol. The van der Waals surface area contributed by atoms with Crippen molar-refractivity contribution < 1.29 is 22.3 Å². The zero-order valence-electron chi connectivity index (χ0n) is 10.7. The molecule has 0 saturated heterocycles. The first-order chi connectivity index (χ1) is 9.35. The summed E-state index contributed by atoms with van der Waals surface area (Å²) >= 11 is 3.55. The molecule has 20 heavy (non-hydrogen) atoms. The van der Waals surface area contributed by atoms with Crippen molar-refractivity contribution >= 4 is 15.9 Å². The molecule has 0 bridgehead atoms. The maximum Gasteiger partial charge on any atom is 0.422 e. The first-order valence-electron chi connectivity index (χ1n) is 6.48. The van der Waals surface area contributed by atoms with Gasteiger partial charge in [-0.05, 0) is 49.3 Å². The maximum atomic E-state index is 13.8. The Kier molecular flexibility index (Phi) is 4.94. The van der Waals surface area contributed by atoms with Crippen LogP contribution in [0.3, 0.4) is 0 Å². The third kappa shape index (κ3) is 4.36. The predicted octanol–water partition coefficient (Wildman–Crippen LogP) is 5.19. The zero-order valence-corrected chi connectivity index (χ0v) is 12.3. The molecule has 1 saturated carbocycles. The summed E-state index contributed by atoms with van der Waals surface area (Å²) in [4.78, 5) is 0.512. The molecule has 0 unspecified atom stereocenters. The zero-order chi connectivity index (χ0) is 14.8. The van der Waals surface area contributed by atoms with Crippen LogP contribution in [0.25, 0.3) is 0 Å². The Morgan fingerprint density at radius 3 is 2.35 bits per heavy atom. The summed E-state index contributed by atoms with van der Waals surface area (Å²) in [6, 6.07) is 4.25. The van der Waals surface area contributed by atoms with Crippen LogP contribution in [-0.4, -0.2) is 17.6 Å². The molecule has 0 amide bonds. The van der Waals surface area contributed by atoms with Crippen molar-refractivity contribution in [2.45, 2.75) is 42.6 Å². The lowest BCUT2D eigenvalue weighted by atomic mass is 9.84. The van der Waals surface area contributed by atoms with Gasteiger partial charge in [0.2, 0.25) is 0 Å². The largest absolute Gasteiger partial charge is 0.481 e. The van der Waals surface area contributed by atoms with Crippen LogP contribution >= 0.6 is 15.9 Å². The smallest absolute Gasteiger partial charge is 0.422 e. The van der Waals surface area contributed by atoms with Gasteiger partial charge in [0.15, 0.2) is 18.2 Å². The lowest BCUT2D eigenvalue weighted by Crippen LogP contribution is -2.19. The van der Waals surface area contributed by atoms with E-state index in [0.717, 1.165) is 31.2 Å². The Balaban J connectivity index is 2.02. The highest BCUT2D eigenvalue weighted by atomic mass is 79.9. The summed E-state index contributed by atoms with van der Waals surface area (Å²) in [7, 11) is 0. The Morgan fingerprint density at radius 2 is 1.80 bits per heavy atom. The molecule has 1 nitrogen and oxygen atoms in total. The molecule has 0 N–H and O–H groups in total. The Bertz CT molecular complexity index is 453. The summed E-state index contributed by atoms with van der Waals surface area (Å²) < 4.78 is 54.3. The molecule has 0 radical (unpaired) electrons. The van der Waals surface area contributed by atoms with Crippen LogP contribution in [0.15, 0.2) is 18.2 Å². The second-order valence-corrected chi connectivity index (χ2v) is 6.34. The lowest BCUT2D eigenvalue weighted by Gasteiger charge is -2.25. The summed E-state index contributed by atoms with van der Waals surface area (Å²) in [5.74, 6) is -0.803. The van der Waals surface area contributed by atoms with E-state index in [2.05, 4.69) is 20.7 Å². The maximum absolute atomic E-state index is 13.8. The van der Waals surface area contributed by atoms with Gasteiger partial charge >= 0.3 is 6.18 Å². The van der Waals surface area contributed by atoms with Crippen LogP contribution in [0.1, 0.15) is 37.2 Å². The van der Waals surface area contributed by atoms with Gasteiger partial charge in [-0.25, -0.2) is 4.39 Å². The molecule has 0 aliphatic heterocycles. The van der Waals surface area contributed by atoms with Gasteiger partial charge in [-0.3, -0.25) is 0 Å². The molecule has 1 aliphatic carbocycles. The molecule has 112 valence electrons. The molecular weight excluding hydrogens is 340 g/mol. The summed E-state index contributed by atoms with van der Waals surface area (Å²) in [6.07, 6.45) is -0.493. The van der Waals surface area contributed by atoms with E-state index >= 15 is 0 Å². The van der Waals surface area contributed by atoms with Crippen molar-refractivity contribution in [3.8, 4) is 5.75 Å². The Labute approximate surface area is 123 Å². The van der Waals surface area contributed by atoms with E-state index in [1.54, 1.807) is 6.07 Å². The molecule has 1 aromatic rings. The second kappa shape index (κ2) is 6.33. The predicted molar refractivity (Wildman–Crippen MR) is 71.9 cm³/mol. The van der Waals surface area contributed by atoms with Crippen molar-refractivity contribution in [3.05, 3.63) is 29.6 Å². The van der Waals surface area contributed by atoms with Crippen LogP contribution in [0.4, 0.5) is 17.6 Å². The van der Waals surface area contributed by atoms with Crippen molar-refractivity contribution in [1.82, 2.24) is 0 Å². The summed E-state index contributed by atoms with van der Waals surface area (Å²) in [5.41, 5.74) is 0.834. The third-order valence-corrected chi connectivity index (χ3v) is 4.39. The van der Waals surface area contributed by atoms with Crippen molar-refractivity contribution in [1.29, 1.82) is 0 Å². The second-order valence-electron chi connectivity index (χ2n) is 5.04. The fourth-order valence-corrected chi connectivity index (χ4v) is 2.96. The molecule has 0 aromatic heterocycles. The molecule has 6 heteroatoms. The van der Waals surface area contributed by atoms with Gasteiger partial charge in [-0.1, -0.05) is 22.0 Å². The van der Waals surface area contributed by atoms with E-state index < -0.39 is 18.6 Å². The number of rotatable bonds is 3. The SMILES string of the molecule is Fc1cc(C2CCC(Br)CC2)ccc1OCC(F)(F)F. The van der Waals surface area contributed by atoms with Gasteiger partial charge in [-0.2, -0.15) is 13.2 Å². The van der Waals surface area contributed by atoms with Gasteiger partial charge in [-0.15, -0.1) is 0 Å². The topological polar surface area (TPSA) is 9.23 Å². The summed E-state index contributed by atoms with van der Waals surface area (Å²) in [6.45, 7) is -1.47. The van der Waals surface area contributed by atoms with E-state index in [4.69, 9.17) is 0 Å². The first-order valence-corrected chi connectivity index (χ1v) is 7.40. The average Bonchev–Trinajstić information content (AvgIpc) is 2.37. The van der Waals surface area contributed by atoms with E-state index in [1.165, 1.54) is 12.1 Å². The van der Waals surface area contributed by atoms with E-state index in [0.29, 0.717) is 4.83 Å². The molecule has 1 aromatic carbocycles. The van der Waals surface area contributed by atoms with Crippen LogP contribution in [0.5, 0.6) is 5.75 Å². The van der Waals surface area contributed by atoms with Crippen molar-refractivity contribution in [2.75, 3.05) is 6.61 Å². The molecule has 2 rings (SSSR count). The third-order valence-electron chi connectivity index (χ3n) is 3.48. The van der Waals surface area contributed by atoms with E-state index in [1.807, 2.05) is 0 Å². The lowest BCUT2D eigenvalue weighted by molar-refractivity contribution is -0.153. The Morgan fingerprint density at radius 1 is 1.15 bits per heavy atom. The molecule has 0 atom stereocenters. The quantitative estimate of drug-likeness (QED) is 0.536. The highest BCUT2D eigenvalue weighted by Gasteiger charge is 2.29. The van der Waals surface area contributed by atoms with Crippen molar-refractivity contribution in [2.24, 2.45) is 0 Å². The minimum atomic E-state index is -4.46. The number of halogens is 5. The van der Waals surface area contributed by atoms with Gasteiger partial charge in [0, 0.05) is 4.83 Å². The fourth-order valence-electron chi connectivity index (χ4n) is 2.43. The molecule has 0 spiro atoms.